The van der Waals surface area contributed by atoms with E-state index >= 15 is 0 Å². The number of carbonyl (C=O) groups excluding carboxylic acids is 1. The fourth-order valence-corrected chi connectivity index (χ4v) is 3.05. The van der Waals surface area contributed by atoms with Crippen LogP contribution in [-0.2, 0) is 17.9 Å². The highest BCUT2D eigenvalue weighted by atomic mass is 16.1. The second kappa shape index (κ2) is 8.18. The lowest BCUT2D eigenvalue weighted by molar-refractivity contribution is -0.121. The van der Waals surface area contributed by atoms with E-state index < -0.39 is 0 Å². The molecule has 1 aliphatic rings. The van der Waals surface area contributed by atoms with Gasteiger partial charge in [0.1, 0.15) is 0 Å². The van der Waals surface area contributed by atoms with Gasteiger partial charge in [-0.15, -0.1) is 0 Å². The van der Waals surface area contributed by atoms with Crippen molar-refractivity contribution in [2.75, 3.05) is 14.1 Å². The molecule has 1 aromatic carbocycles. The molecule has 0 spiro atoms. The van der Waals surface area contributed by atoms with Crippen LogP contribution in [0.2, 0.25) is 0 Å². The minimum absolute atomic E-state index is 0.194. The minimum atomic E-state index is 0.194. The number of hydrogen-bond donors (Lipinski definition) is 1. The Morgan fingerprint density at radius 3 is 2.38 bits per heavy atom. The smallest absolute Gasteiger partial charge is 0.220 e. The summed E-state index contributed by atoms with van der Waals surface area (Å²) >= 11 is 0. The van der Waals surface area contributed by atoms with E-state index in [1.807, 2.05) is 0 Å². The number of hydrogen-bond acceptors (Lipinski definition) is 2. The van der Waals surface area contributed by atoms with Crippen LogP contribution in [0.15, 0.2) is 24.3 Å². The Kier molecular flexibility index (Phi) is 6.24. The van der Waals surface area contributed by atoms with Crippen LogP contribution in [0.5, 0.6) is 0 Å². The van der Waals surface area contributed by atoms with Crippen LogP contribution in [0.4, 0.5) is 0 Å². The molecule has 1 aliphatic carbocycles. The monoisotopic (exact) mass is 288 g/mol. The zero-order valence-electron chi connectivity index (χ0n) is 13.4. The van der Waals surface area contributed by atoms with Crippen molar-refractivity contribution in [1.29, 1.82) is 0 Å². The summed E-state index contributed by atoms with van der Waals surface area (Å²) in [6, 6.07) is 8.49. The third kappa shape index (κ3) is 5.88. The van der Waals surface area contributed by atoms with Gasteiger partial charge < -0.3 is 10.2 Å². The summed E-state index contributed by atoms with van der Waals surface area (Å²) in [5.74, 6) is 0.986. The van der Waals surface area contributed by atoms with Crippen LogP contribution < -0.4 is 5.32 Å². The Morgan fingerprint density at radius 2 is 1.76 bits per heavy atom. The molecule has 0 aliphatic heterocycles. The van der Waals surface area contributed by atoms with Gasteiger partial charge in [-0.2, -0.15) is 0 Å². The third-order valence-corrected chi connectivity index (χ3v) is 4.27. The van der Waals surface area contributed by atoms with Gasteiger partial charge in [0, 0.05) is 19.5 Å². The third-order valence-electron chi connectivity index (χ3n) is 4.27. The maximum atomic E-state index is 11.9. The van der Waals surface area contributed by atoms with Gasteiger partial charge in [0.2, 0.25) is 5.91 Å². The van der Waals surface area contributed by atoms with E-state index in [9.17, 15) is 4.79 Å². The molecule has 116 valence electrons. The lowest BCUT2D eigenvalue weighted by Crippen LogP contribution is -2.23. The molecule has 3 heteroatoms. The molecule has 3 nitrogen and oxygen atoms in total. The first kappa shape index (κ1) is 16.0. The molecule has 0 saturated heterocycles. The van der Waals surface area contributed by atoms with Gasteiger partial charge in [0.15, 0.2) is 0 Å². The van der Waals surface area contributed by atoms with Crippen molar-refractivity contribution in [3.8, 4) is 0 Å². The molecule has 1 saturated carbocycles. The molecule has 0 atom stereocenters. The predicted octanol–water partition coefficient (Wildman–Crippen LogP) is 3.33. The fraction of sp³-hybridized carbons (Fsp3) is 0.611. The Bertz CT molecular complexity index is 433. The zero-order chi connectivity index (χ0) is 15.1. The normalized spacial score (nSPS) is 15.6. The van der Waals surface area contributed by atoms with E-state index in [1.54, 1.807) is 0 Å². The number of carbonyl (C=O) groups is 1. The zero-order valence-corrected chi connectivity index (χ0v) is 13.4. The molecule has 1 aromatic rings. The predicted molar refractivity (Wildman–Crippen MR) is 86.9 cm³/mol. The van der Waals surface area contributed by atoms with Crippen molar-refractivity contribution in [1.82, 2.24) is 10.2 Å². The van der Waals surface area contributed by atoms with Crippen molar-refractivity contribution >= 4 is 5.91 Å². The van der Waals surface area contributed by atoms with Crippen LogP contribution in [0.25, 0.3) is 0 Å². The number of rotatable bonds is 7. The largest absolute Gasteiger partial charge is 0.352 e. The molecule has 1 N–H and O–H groups in total. The van der Waals surface area contributed by atoms with E-state index in [4.69, 9.17) is 0 Å². The highest BCUT2D eigenvalue weighted by Gasteiger charge is 2.15. The first-order chi connectivity index (χ1) is 10.1. The number of nitrogens with zero attached hydrogens (tertiary/aromatic N) is 1. The molecular formula is C18H28N2O. The van der Waals surface area contributed by atoms with Crippen LogP contribution >= 0.6 is 0 Å². The molecule has 0 unspecified atom stereocenters. The molecule has 1 fully saturated rings. The van der Waals surface area contributed by atoms with Gasteiger partial charge in [0.25, 0.3) is 0 Å². The molecule has 0 bridgehead atoms. The molecule has 0 heterocycles. The molecule has 2 rings (SSSR count). The first-order valence-corrected chi connectivity index (χ1v) is 8.13. The van der Waals surface area contributed by atoms with Crippen molar-refractivity contribution in [3.05, 3.63) is 35.4 Å². The SMILES string of the molecule is CN(C)Cc1ccc(CNC(=O)CCC2CCCC2)cc1. The lowest BCUT2D eigenvalue weighted by atomic mass is 10.0. The van der Waals surface area contributed by atoms with E-state index in [0.717, 1.165) is 18.9 Å². The average Bonchev–Trinajstić information content (AvgIpc) is 2.97. The number of amides is 1. The van der Waals surface area contributed by atoms with E-state index in [2.05, 4.69) is 48.6 Å². The molecular weight excluding hydrogens is 260 g/mol. The molecule has 0 radical (unpaired) electrons. The second-order valence-corrected chi connectivity index (χ2v) is 6.52. The van der Waals surface area contributed by atoms with Gasteiger partial charge in [0.05, 0.1) is 0 Å². The van der Waals surface area contributed by atoms with Crippen molar-refractivity contribution < 1.29 is 4.79 Å². The number of benzene rings is 1. The highest BCUT2D eigenvalue weighted by Crippen LogP contribution is 2.28. The average molecular weight is 288 g/mol. The van der Waals surface area contributed by atoms with Crippen molar-refractivity contribution in [2.24, 2.45) is 5.92 Å². The summed E-state index contributed by atoms with van der Waals surface area (Å²) < 4.78 is 0. The van der Waals surface area contributed by atoms with Gasteiger partial charge in [-0.05, 0) is 37.6 Å². The summed E-state index contributed by atoms with van der Waals surface area (Å²) in [5, 5.41) is 3.03. The quantitative estimate of drug-likeness (QED) is 0.834. The minimum Gasteiger partial charge on any atom is -0.352 e. The summed E-state index contributed by atoms with van der Waals surface area (Å²) in [7, 11) is 4.14. The Balaban J connectivity index is 1.68. The van der Waals surface area contributed by atoms with Gasteiger partial charge in [-0.1, -0.05) is 49.9 Å². The number of nitrogens with one attached hydrogen (secondary N) is 1. The Labute approximate surface area is 128 Å². The highest BCUT2D eigenvalue weighted by molar-refractivity contribution is 5.75. The van der Waals surface area contributed by atoms with Crippen LogP contribution in [0, 0.1) is 5.92 Å². The summed E-state index contributed by atoms with van der Waals surface area (Å²) in [6.07, 6.45) is 7.09. The van der Waals surface area contributed by atoms with E-state index in [0.29, 0.717) is 13.0 Å². The van der Waals surface area contributed by atoms with Crippen LogP contribution in [-0.4, -0.2) is 24.9 Å². The molecule has 0 aromatic heterocycles. The Hall–Kier alpha value is -1.35. The van der Waals surface area contributed by atoms with Gasteiger partial charge >= 0.3 is 0 Å². The maximum Gasteiger partial charge on any atom is 0.220 e. The summed E-state index contributed by atoms with van der Waals surface area (Å²) in [6.45, 7) is 1.60. The van der Waals surface area contributed by atoms with Crippen LogP contribution in [0.3, 0.4) is 0 Å². The first-order valence-electron chi connectivity index (χ1n) is 8.13. The fourth-order valence-electron chi connectivity index (χ4n) is 3.05. The van der Waals surface area contributed by atoms with E-state index in [1.165, 1.54) is 36.8 Å². The topological polar surface area (TPSA) is 32.3 Å². The molecule has 21 heavy (non-hydrogen) atoms. The summed E-state index contributed by atoms with van der Waals surface area (Å²) in [4.78, 5) is 14.0. The van der Waals surface area contributed by atoms with Gasteiger partial charge in [-0.25, -0.2) is 0 Å². The van der Waals surface area contributed by atoms with E-state index in [-0.39, 0.29) is 5.91 Å². The molecule has 1 amide bonds. The summed E-state index contributed by atoms with van der Waals surface area (Å²) in [5.41, 5.74) is 2.48. The van der Waals surface area contributed by atoms with Crippen molar-refractivity contribution in [2.45, 2.75) is 51.6 Å². The second-order valence-electron chi connectivity index (χ2n) is 6.52. The maximum absolute atomic E-state index is 11.9. The lowest BCUT2D eigenvalue weighted by Gasteiger charge is -2.11. The standard InChI is InChI=1S/C18H28N2O/c1-20(2)14-17-9-7-16(8-10-17)13-19-18(21)12-11-15-5-3-4-6-15/h7-10,15H,3-6,11-14H2,1-2H3,(H,19,21). The van der Waals surface area contributed by atoms with Gasteiger partial charge in [-0.3, -0.25) is 4.79 Å². The Morgan fingerprint density at radius 1 is 1.14 bits per heavy atom. The van der Waals surface area contributed by atoms with Crippen molar-refractivity contribution in [3.63, 3.8) is 0 Å². The van der Waals surface area contributed by atoms with Crippen LogP contribution in [0.1, 0.15) is 49.7 Å².